The summed E-state index contributed by atoms with van der Waals surface area (Å²) in [5, 5.41) is 13.4. The molecule has 1 saturated carbocycles. The molecular formula is C14H28N2O. The van der Waals surface area contributed by atoms with E-state index in [4.69, 9.17) is 0 Å². The Balaban J connectivity index is 2.05. The molecule has 1 aliphatic carbocycles. The predicted molar refractivity (Wildman–Crippen MR) is 71.1 cm³/mol. The molecule has 2 rings (SSSR count). The van der Waals surface area contributed by atoms with E-state index in [1.165, 1.54) is 38.5 Å². The molecule has 0 radical (unpaired) electrons. The summed E-state index contributed by atoms with van der Waals surface area (Å²) in [5.41, 5.74) is 0.102. The summed E-state index contributed by atoms with van der Waals surface area (Å²) in [5.74, 6) is 0.826. The number of aliphatic hydroxyl groups is 1. The molecule has 0 aromatic carbocycles. The van der Waals surface area contributed by atoms with Gasteiger partial charge in [-0.05, 0) is 31.7 Å². The number of rotatable bonds is 3. The molecule has 2 atom stereocenters. The van der Waals surface area contributed by atoms with Crippen LogP contribution in [0.15, 0.2) is 0 Å². The van der Waals surface area contributed by atoms with E-state index in [-0.39, 0.29) is 5.54 Å². The van der Waals surface area contributed by atoms with E-state index in [0.29, 0.717) is 6.61 Å². The average Bonchev–Trinajstić information content (AvgIpc) is 2.68. The Labute approximate surface area is 106 Å². The molecular weight excluding hydrogens is 212 g/mol. The van der Waals surface area contributed by atoms with Crippen LogP contribution in [0, 0.1) is 5.92 Å². The van der Waals surface area contributed by atoms with Gasteiger partial charge in [0.2, 0.25) is 0 Å². The second kappa shape index (κ2) is 6.17. The second-order valence-corrected chi connectivity index (χ2v) is 5.84. The molecule has 2 fully saturated rings. The minimum Gasteiger partial charge on any atom is -0.394 e. The Morgan fingerprint density at radius 1 is 1.29 bits per heavy atom. The molecule has 17 heavy (non-hydrogen) atoms. The van der Waals surface area contributed by atoms with Crippen molar-refractivity contribution in [3.05, 3.63) is 0 Å². The van der Waals surface area contributed by atoms with Crippen molar-refractivity contribution in [3.63, 3.8) is 0 Å². The van der Waals surface area contributed by atoms with Crippen LogP contribution in [0.25, 0.3) is 0 Å². The van der Waals surface area contributed by atoms with Crippen LogP contribution >= 0.6 is 0 Å². The molecule has 0 bridgehead atoms. The first-order chi connectivity index (χ1) is 8.30. The van der Waals surface area contributed by atoms with Crippen LogP contribution in [-0.2, 0) is 0 Å². The van der Waals surface area contributed by atoms with Gasteiger partial charge in [-0.1, -0.05) is 26.2 Å². The number of hydrogen-bond donors (Lipinski definition) is 2. The van der Waals surface area contributed by atoms with Gasteiger partial charge in [0.1, 0.15) is 0 Å². The zero-order valence-electron chi connectivity index (χ0n) is 11.2. The lowest BCUT2D eigenvalue weighted by Gasteiger charge is -2.47. The smallest absolute Gasteiger partial charge is 0.0615 e. The van der Waals surface area contributed by atoms with Crippen LogP contribution in [0.4, 0.5) is 0 Å². The predicted octanol–water partition coefficient (Wildman–Crippen LogP) is 1.61. The Morgan fingerprint density at radius 3 is 2.94 bits per heavy atom. The first-order valence-corrected chi connectivity index (χ1v) is 7.37. The fourth-order valence-electron chi connectivity index (χ4n) is 3.66. The first kappa shape index (κ1) is 13.3. The minimum absolute atomic E-state index is 0.102. The lowest BCUT2D eigenvalue weighted by molar-refractivity contribution is -0.0122. The molecule has 0 amide bonds. The highest BCUT2D eigenvalue weighted by Gasteiger charge is 2.40. The van der Waals surface area contributed by atoms with Crippen molar-refractivity contribution in [3.8, 4) is 0 Å². The fourth-order valence-corrected chi connectivity index (χ4v) is 3.66. The summed E-state index contributed by atoms with van der Waals surface area (Å²) in [7, 11) is 0. The SMILES string of the molecule is CCC1CCCC(CO)(N2CCCNCC2)C1. The van der Waals surface area contributed by atoms with Gasteiger partial charge in [0.15, 0.2) is 0 Å². The summed E-state index contributed by atoms with van der Waals surface area (Å²) in [6.45, 7) is 7.13. The van der Waals surface area contributed by atoms with Crippen molar-refractivity contribution >= 4 is 0 Å². The van der Waals surface area contributed by atoms with Crippen LogP contribution in [0.2, 0.25) is 0 Å². The molecule has 2 unspecified atom stereocenters. The van der Waals surface area contributed by atoms with E-state index in [1.54, 1.807) is 0 Å². The molecule has 1 saturated heterocycles. The highest BCUT2D eigenvalue weighted by atomic mass is 16.3. The van der Waals surface area contributed by atoms with E-state index >= 15 is 0 Å². The summed E-state index contributed by atoms with van der Waals surface area (Å²) < 4.78 is 0. The van der Waals surface area contributed by atoms with Crippen molar-refractivity contribution in [1.29, 1.82) is 0 Å². The van der Waals surface area contributed by atoms with Crippen molar-refractivity contribution < 1.29 is 5.11 Å². The van der Waals surface area contributed by atoms with E-state index in [0.717, 1.165) is 32.1 Å². The van der Waals surface area contributed by atoms with Crippen LogP contribution in [0.1, 0.15) is 45.4 Å². The van der Waals surface area contributed by atoms with Crippen molar-refractivity contribution in [2.75, 3.05) is 32.8 Å². The Kier molecular flexibility index (Phi) is 4.83. The highest BCUT2D eigenvalue weighted by molar-refractivity contribution is 4.96. The molecule has 0 aromatic rings. The van der Waals surface area contributed by atoms with E-state index in [9.17, 15) is 5.11 Å². The largest absolute Gasteiger partial charge is 0.394 e. The van der Waals surface area contributed by atoms with Gasteiger partial charge in [-0.25, -0.2) is 0 Å². The molecule has 2 aliphatic rings. The summed E-state index contributed by atoms with van der Waals surface area (Å²) >= 11 is 0. The maximum Gasteiger partial charge on any atom is 0.0615 e. The van der Waals surface area contributed by atoms with E-state index in [1.807, 2.05) is 0 Å². The van der Waals surface area contributed by atoms with Gasteiger partial charge >= 0.3 is 0 Å². The summed E-state index contributed by atoms with van der Waals surface area (Å²) in [4.78, 5) is 2.58. The summed E-state index contributed by atoms with van der Waals surface area (Å²) in [6.07, 6.45) is 7.56. The van der Waals surface area contributed by atoms with Crippen LogP contribution in [-0.4, -0.2) is 48.3 Å². The zero-order chi connectivity index (χ0) is 12.1. The zero-order valence-corrected chi connectivity index (χ0v) is 11.2. The topological polar surface area (TPSA) is 35.5 Å². The quantitative estimate of drug-likeness (QED) is 0.787. The maximum atomic E-state index is 9.94. The number of aliphatic hydroxyl groups excluding tert-OH is 1. The van der Waals surface area contributed by atoms with Gasteiger partial charge < -0.3 is 10.4 Å². The summed E-state index contributed by atoms with van der Waals surface area (Å²) in [6, 6.07) is 0. The van der Waals surface area contributed by atoms with Gasteiger partial charge in [0.25, 0.3) is 0 Å². The first-order valence-electron chi connectivity index (χ1n) is 7.37. The fraction of sp³-hybridized carbons (Fsp3) is 1.00. The molecule has 0 aromatic heterocycles. The second-order valence-electron chi connectivity index (χ2n) is 5.84. The monoisotopic (exact) mass is 240 g/mol. The molecule has 0 spiro atoms. The van der Waals surface area contributed by atoms with Gasteiger partial charge in [0.05, 0.1) is 6.61 Å². The minimum atomic E-state index is 0.102. The third-order valence-electron chi connectivity index (χ3n) is 4.81. The van der Waals surface area contributed by atoms with Crippen LogP contribution in [0.3, 0.4) is 0 Å². The van der Waals surface area contributed by atoms with Crippen molar-refractivity contribution in [1.82, 2.24) is 10.2 Å². The van der Waals surface area contributed by atoms with Crippen molar-refractivity contribution in [2.24, 2.45) is 5.92 Å². The Hall–Kier alpha value is -0.120. The standard InChI is InChI=1S/C14H28N2O/c1-2-13-5-3-6-14(11-13,12-17)16-9-4-7-15-8-10-16/h13,15,17H,2-12H2,1H3. The van der Waals surface area contributed by atoms with Gasteiger partial charge in [-0.3, -0.25) is 4.90 Å². The molecule has 3 nitrogen and oxygen atoms in total. The highest BCUT2D eigenvalue weighted by Crippen LogP contribution is 2.38. The number of nitrogens with zero attached hydrogens (tertiary/aromatic N) is 1. The van der Waals surface area contributed by atoms with Gasteiger partial charge in [-0.2, -0.15) is 0 Å². The molecule has 3 heteroatoms. The normalized spacial score (nSPS) is 36.7. The van der Waals surface area contributed by atoms with E-state index < -0.39 is 0 Å². The van der Waals surface area contributed by atoms with E-state index in [2.05, 4.69) is 17.1 Å². The number of nitrogens with one attached hydrogen (secondary N) is 1. The lowest BCUT2D eigenvalue weighted by atomic mass is 9.74. The van der Waals surface area contributed by atoms with Gasteiger partial charge in [0, 0.05) is 25.2 Å². The average molecular weight is 240 g/mol. The van der Waals surface area contributed by atoms with Crippen LogP contribution in [0.5, 0.6) is 0 Å². The maximum absolute atomic E-state index is 9.94. The number of hydrogen-bond acceptors (Lipinski definition) is 3. The van der Waals surface area contributed by atoms with Crippen molar-refractivity contribution in [2.45, 2.75) is 51.0 Å². The Bertz CT molecular complexity index is 226. The third kappa shape index (κ3) is 3.01. The van der Waals surface area contributed by atoms with Crippen LogP contribution < -0.4 is 5.32 Å². The Morgan fingerprint density at radius 2 is 2.18 bits per heavy atom. The molecule has 1 heterocycles. The lowest BCUT2D eigenvalue weighted by Crippen LogP contribution is -2.55. The third-order valence-corrected chi connectivity index (χ3v) is 4.81. The molecule has 1 aliphatic heterocycles. The van der Waals surface area contributed by atoms with Gasteiger partial charge in [-0.15, -0.1) is 0 Å². The molecule has 2 N–H and O–H groups in total. The molecule has 100 valence electrons.